The van der Waals surface area contributed by atoms with Gasteiger partial charge in [-0.15, -0.1) is 0 Å². The van der Waals surface area contributed by atoms with Crippen molar-refractivity contribution in [3.05, 3.63) is 11.4 Å². The molecule has 0 amide bonds. The van der Waals surface area contributed by atoms with Gasteiger partial charge in [-0.25, -0.2) is 4.39 Å². The monoisotopic (exact) mass is 417 g/mol. The van der Waals surface area contributed by atoms with Crippen LogP contribution < -0.4 is 0 Å². The number of rotatable bonds is 5. The summed E-state index contributed by atoms with van der Waals surface area (Å²) in [5, 5.41) is 12.5. The molecule has 0 unspecified atom stereocenters. The van der Waals surface area contributed by atoms with Crippen molar-refractivity contribution in [2.75, 3.05) is 0 Å². The smallest absolute Gasteiger partial charge is 0.147 e. The maximum absolute atomic E-state index is 15.1. The minimum Gasteiger partial charge on any atom is -0.411 e. The van der Waals surface area contributed by atoms with E-state index in [4.69, 9.17) is 0 Å². The predicted octanol–water partition coefficient (Wildman–Crippen LogP) is 8.16. The summed E-state index contributed by atoms with van der Waals surface area (Å²) in [5.41, 5.74) is 1.73. The number of oxime groups is 1. The van der Waals surface area contributed by atoms with Crippen LogP contribution in [0.5, 0.6) is 0 Å². The predicted molar refractivity (Wildman–Crippen MR) is 122 cm³/mol. The second-order valence-corrected chi connectivity index (χ2v) is 12.2. The van der Waals surface area contributed by atoms with E-state index in [2.05, 4.69) is 39.8 Å². The van der Waals surface area contributed by atoms with Gasteiger partial charge in [-0.3, -0.25) is 0 Å². The van der Waals surface area contributed by atoms with Crippen molar-refractivity contribution in [1.82, 2.24) is 0 Å². The van der Waals surface area contributed by atoms with E-state index in [-0.39, 0.29) is 17.0 Å². The van der Waals surface area contributed by atoms with Crippen LogP contribution in [0.15, 0.2) is 16.6 Å². The van der Waals surface area contributed by atoms with Crippen molar-refractivity contribution in [3.8, 4) is 0 Å². The molecule has 0 heterocycles. The minimum atomic E-state index is -0.180. The first-order valence-corrected chi connectivity index (χ1v) is 12.8. The van der Waals surface area contributed by atoms with Crippen molar-refractivity contribution in [3.63, 3.8) is 0 Å². The van der Waals surface area contributed by atoms with Crippen LogP contribution in [0.3, 0.4) is 0 Å². The number of hydrogen-bond acceptors (Lipinski definition) is 2. The number of hydrogen-bond donors (Lipinski definition) is 1. The topological polar surface area (TPSA) is 32.6 Å². The van der Waals surface area contributed by atoms with Gasteiger partial charge >= 0.3 is 0 Å². The first-order chi connectivity index (χ1) is 14.2. The second-order valence-electron chi connectivity index (χ2n) is 12.2. The van der Waals surface area contributed by atoms with Crippen molar-refractivity contribution < 1.29 is 9.60 Å². The highest BCUT2D eigenvalue weighted by atomic mass is 19.1. The average molecular weight is 418 g/mol. The summed E-state index contributed by atoms with van der Waals surface area (Å²) in [7, 11) is 0. The standard InChI is InChI=1S/C27H44FNO/c1-17(2)7-6-8-18(3)20-11-12-21-19-9-10-23-25(28)24(29-30)14-16-27(23,5)22(19)13-15-26(20,21)4/h17-22,30H,6-16H2,1-5H3/b29-24-/t18-,19+,20-,21+,22+,26-,27-/m1/s1. The van der Waals surface area contributed by atoms with Crippen molar-refractivity contribution in [2.45, 2.75) is 105 Å². The lowest BCUT2D eigenvalue weighted by molar-refractivity contribution is -0.0584. The van der Waals surface area contributed by atoms with E-state index in [9.17, 15) is 5.21 Å². The van der Waals surface area contributed by atoms with E-state index in [1.165, 1.54) is 44.9 Å². The third-order valence-corrected chi connectivity index (χ3v) is 10.4. The summed E-state index contributed by atoms with van der Waals surface area (Å²) in [5.74, 6) is 4.53. The quantitative estimate of drug-likeness (QED) is 0.355. The Balaban J connectivity index is 1.52. The Kier molecular flexibility index (Phi) is 6.14. The van der Waals surface area contributed by atoms with E-state index in [1.54, 1.807) is 0 Å². The van der Waals surface area contributed by atoms with Gasteiger partial charge in [-0.2, -0.15) is 0 Å². The molecule has 4 rings (SSSR count). The number of halogens is 1. The average Bonchev–Trinajstić information content (AvgIpc) is 3.05. The molecule has 3 saturated carbocycles. The fourth-order valence-corrected chi connectivity index (χ4v) is 8.78. The number of allylic oxidation sites excluding steroid dienone is 2. The van der Waals surface area contributed by atoms with Gasteiger partial charge in [0.2, 0.25) is 0 Å². The van der Waals surface area contributed by atoms with Gasteiger partial charge in [-0.1, -0.05) is 59.0 Å². The normalized spacial score (nSPS) is 43.5. The number of fused-ring (bicyclic) bond motifs is 5. The van der Waals surface area contributed by atoms with Crippen LogP contribution in [0.4, 0.5) is 4.39 Å². The van der Waals surface area contributed by atoms with Gasteiger partial charge in [0.05, 0.1) is 0 Å². The molecule has 0 spiro atoms. The molecule has 0 bridgehead atoms. The lowest BCUT2D eigenvalue weighted by Gasteiger charge is -2.58. The summed E-state index contributed by atoms with van der Waals surface area (Å²) in [6, 6.07) is 0. The van der Waals surface area contributed by atoms with Crippen LogP contribution in [-0.4, -0.2) is 10.9 Å². The molecule has 1 N–H and O–H groups in total. The molecule has 30 heavy (non-hydrogen) atoms. The van der Waals surface area contributed by atoms with Crippen molar-refractivity contribution >= 4 is 5.71 Å². The van der Waals surface area contributed by atoms with Crippen LogP contribution in [0.1, 0.15) is 105 Å². The van der Waals surface area contributed by atoms with Crippen molar-refractivity contribution in [1.29, 1.82) is 0 Å². The van der Waals surface area contributed by atoms with Crippen LogP contribution in [0, 0.1) is 46.3 Å². The molecule has 0 saturated heterocycles. The Morgan fingerprint density at radius 2 is 1.77 bits per heavy atom. The maximum atomic E-state index is 15.1. The van der Waals surface area contributed by atoms with Gasteiger partial charge in [-0.05, 0) is 103 Å². The molecule has 170 valence electrons. The van der Waals surface area contributed by atoms with E-state index < -0.39 is 0 Å². The summed E-state index contributed by atoms with van der Waals surface area (Å²) in [6.07, 6.45) is 13.0. The molecule has 7 atom stereocenters. The Bertz CT molecular complexity index is 712. The Morgan fingerprint density at radius 3 is 2.47 bits per heavy atom. The molecule has 4 aliphatic rings. The van der Waals surface area contributed by atoms with E-state index in [1.807, 2.05) is 0 Å². The minimum absolute atomic E-state index is 0.0243. The van der Waals surface area contributed by atoms with Crippen LogP contribution >= 0.6 is 0 Å². The Morgan fingerprint density at radius 1 is 1.00 bits per heavy atom. The fourth-order valence-electron chi connectivity index (χ4n) is 8.78. The SMILES string of the molecule is CC(C)CCC[C@@H](C)[C@H]1CC[C@H]2[C@@H]3CCC4=C(F)/C(=N\O)CC[C@]4(C)[C@H]3CC[C@]12C. The van der Waals surface area contributed by atoms with Crippen molar-refractivity contribution in [2.24, 2.45) is 51.5 Å². The summed E-state index contributed by atoms with van der Waals surface area (Å²) in [6.45, 7) is 12.2. The Hall–Kier alpha value is -0.860. The van der Waals surface area contributed by atoms with Gasteiger partial charge in [0.1, 0.15) is 11.5 Å². The molecule has 2 nitrogen and oxygen atoms in total. The molecule has 0 aromatic heterocycles. The molecular weight excluding hydrogens is 373 g/mol. The lowest BCUT2D eigenvalue weighted by Crippen LogP contribution is -2.51. The largest absolute Gasteiger partial charge is 0.411 e. The fraction of sp³-hybridized carbons (Fsp3) is 0.889. The van der Waals surface area contributed by atoms with Gasteiger partial charge in [0.15, 0.2) is 0 Å². The molecule has 0 aliphatic heterocycles. The zero-order chi connectivity index (χ0) is 21.7. The first kappa shape index (κ1) is 22.3. The summed E-state index contributed by atoms with van der Waals surface area (Å²) >= 11 is 0. The van der Waals surface area contributed by atoms with Crippen LogP contribution in [-0.2, 0) is 0 Å². The summed E-state index contributed by atoms with van der Waals surface area (Å²) < 4.78 is 15.1. The molecule has 0 aromatic carbocycles. The van der Waals surface area contributed by atoms with E-state index in [0.29, 0.717) is 17.8 Å². The third kappa shape index (κ3) is 3.47. The van der Waals surface area contributed by atoms with Crippen LogP contribution in [0.25, 0.3) is 0 Å². The van der Waals surface area contributed by atoms with Gasteiger partial charge < -0.3 is 5.21 Å². The third-order valence-electron chi connectivity index (χ3n) is 10.4. The highest BCUT2D eigenvalue weighted by molar-refractivity contribution is 5.99. The zero-order valence-electron chi connectivity index (χ0n) is 20.0. The van der Waals surface area contributed by atoms with Crippen LogP contribution in [0.2, 0.25) is 0 Å². The second kappa shape index (κ2) is 8.24. The molecule has 3 heteroatoms. The molecule has 3 fully saturated rings. The van der Waals surface area contributed by atoms with Gasteiger partial charge in [0, 0.05) is 0 Å². The Labute approximate surface area is 183 Å². The molecule has 4 aliphatic carbocycles. The summed E-state index contributed by atoms with van der Waals surface area (Å²) in [4.78, 5) is 0. The zero-order valence-corrected chi connectivity index (χ0v) is 20.0. The highest BCUT2D eigenvalue weighted by Crippen LogP contribution is 2.68. The van der Waals surface area contributed by atoms with Gasteiger partial charge in [0.25, 0.3) is 0 Å². The van der Waals surface area contributed by atoms with E-state index in [0.717, 1.165) is 54.4 Å². The number of nitrogens with zero attached hydrogens (tertiary/aromatic N) is 1. The molecular formula is C27H44FNO. The van der Waals surface area contributed by atoms with E-state index >= 15 is 4.39 Å². The molecule has 0 aromatic rings. The maximum Gasteiger partial charge on any atom is 0.147 e. The molecule has 0 radical (unpaired) electrons. The highest BCUT2D eigenvalue weighted by Gasteiger charge is 2.60. The first-order valence-electron chi connectivity index (χ1n) is 12.8. The lowest BCUT2D eigenvalue weighted by atomic mass is 9.46.